The molecule has 8 rings (SSSR count). The van der Waals surface area contributed by atoms with Crippen molar-refractivity contribution in [2.24, 2.45) is 0 Å². The van der Waals surface area contributed by atoms with Crippen molar-refractivity contribution in [3.05, 3.63) is 125 Å². The summed E-state index contributed by atoms with van der Waals surface area (Å²) in [6, 6.07) is 27.2. The van der Waals surface area contributed by atoms with Gasteiger partial charge >= 0.3 is 11.9 Å². The summed E-state index contributed by atoms with van der Waals surface area (Å²) < 4.78 is 26.1. The molecule has 1 aliphatic heterocycles. The van der Waals surface area contributed by atoms with Crippen LogP contribution in [0.1, 0.15) is 79.1 Å². The fraction of sp³-hybridized carbons (Fsp3) is 0.333. The third kappa shape index (κ3) is 7.33. The quantitative estimate of drug-likeness (QED) is 0.0887. The number of ether oxygens (including phenoxy) is 4. The minimum atomic E-state index is -0.987. The van der Waals surface area contributed by atoms with Crippen molar-refractivity contribution >= 4 is 34.5 Å². The number of aryl methyl sites for hydroxylation is 2. The van der Waals surface area contributed by atoms with E-state index in [2.05, 4.69) is 77.9 Å². The predicted molar refractivity (Wildman–Crippen MR) is 226 cm³/mol. The lowest BCUT2D eigenvalue weighted by Gasteiger charge is -2.35. The molecule has 0 bridgehead atoms. The van der Waals surface area contributed by atoms with Gasteiger partial charge in [0.2, 0.25) is 5.95 Å². The lowest BCUT2D eigenvalue weighted by molar-refractivity contribution is -0.164. The average Bonchev–Trinajstić information content (AvgIpc) is 3.73. The Labute approximate surface area is 339 Å². The monoisotopic (exact) mass is 778 g/mol. The van der Waals surface area contributed by atoms with Crippen LogP contribution in [0.15, 0.2) is 91.3 Å². The van der Waals surface area contributed by atoms with Crippen molar-refractivity contribution in [1.82, 2.24) is 14.5 Å². The Hall–Kier alpha value is -6.00. The SMILES string of the molecule is COC(=O)[C@@H](OC(C)(C)C)c1c(C)c2c3c(cc(C)n3CCN2c2ncc(OCCCC(=O)OCC3c4ccccc4-c4ccccc43)cn2)c1-c1ccc(C)cc1. The molecule has 0 saturated heterocycles. The van der Waals surface area contributed by atoms with Crippen molar-refractivity contribution in [2.45, 2.75) is 78.6 Å². The molecular formula is C48H50N4O6. The van der Waals surface area contributed by atoms with Gasteiger partial charge in [-0.05, 0) is 93.0 Å². The second kappa shape index (κ2) is 15.7. The van der Waals surface area contributed by atoms with Gasteiger partial charge in [0.1, 0.15) is 6.61 Å². The van der Waals surface area contributed by atoms with E-state index in [0.717, 1.165) is 56.6 Å². The number of hydrogen-bond acceptors (Lipinski definition) is 9. The van der Waals surface area contributed by atoms with E-state index in [1.54, 1.807) is 12.4 Å². The van der Waals surface area contributed by atoms with Gasteiger partial charge in [-0.2, -0.15) is 0 Å². The van der Waals surface area contributed by atoms with Gasteiger partial charge in [0, 0.05) is 42.1 Å². The molecule has 0 radical (unpaired) electrons. The first-order valence-electron chi connectivity index (χ1n) is 20.0. The summed E-state index contributed by atoms with van der Waals surface area (Å²) in [4.78, 5) is 38.2. The molecule has 58 heavy (non-hydrogen) atoms. The van der Waals surface area contributed by atoms with Gasteiger partial charge in [0.15, 0.2) is 11.9 Å². The molecule has 2 aliphatic rings. The normalized spacial score (nSPS) is 13.9. The number of hydrogen-bond donors (Lipinski definition) is 0. The molecule has 4 aromatic carbocycles. The number of fused-ring (bicyclic) bond motifs is 3. The van der Waals surface area contributed by atoms with Crippen LogP contribution in [0.3, 0.4) is 0 Å². The largest absolute Gasteiger partial charge is 0.490 e. The van der Waals surface area contributed by atoms with Crippen molar-refractivity contribution < 1.29 is 28.5 Å². The first-order valence-corrected chi connectivity index (χ1v) is 20.0. The zero-order valence-corrected chi connectivity index (χ0v) is 34.3. The van der Waals surface area contributed by atoms with E-state index < -0.39 is 17.7 Å². The Morgan fingerprint density at radius 1 is 0.879 bits per heavy atom. The van der Waals surface area contributed by atoms with Crippen LogP contribution < -0.4 is 9.64 Å². The van der Waals surface area contributed by atoms with Gasteiger partial charge in [-0.15, -0.1) is 0 Å². The number of carbonyl (C=O) groups is 2. The van der Waals surface area contributed by atoms with Gasteiger partial charge in [-0.3, -0.25) is 4.79 Å². The fourth-order valence-corrected chi connectivity index (χ4v) is 8.55. The molecule has 0 unspecified atom stereocenters. The van der Waals surface area contributed by atoms with E-state index >= 15 is 0 Å². The van der Waals surface area contributed by atoms with Crippen molar-refractivity contribution in [2.75, 3.05) is 31.8 Å². The Morgan fingerprint density at radius 3 is 2.17 bits per heavy atom. The number of methoxy groups -OCH3 is 1. The summed E-state index contributed by atoms with van der Waals surface area (Å²) in [5.74, 6) is 0.335. The summed E-state index contributed by atoms with van der Waals surface area (Å²) in [7, 11) is 1.40. The smallest absolute Gasteiger partial charge is 0.339 e. The molecule has 0 fully saturated rings. The van der Waals surface area contributed by atoms with Crippen molar-refractivity contribution in [3.63, 3.8) is 0 Å². The first-order chi connectivity index (χ1) is 27.9. The number of benzene rings is 4. The van der Waals surface area contributed by atoms with Gasteiger partial charge < -0.3 is 28.4 Å². The third-order valence-corrected chi connectivity index (χ3v) is 11.2. The Kier molecular flexibility index (Phi) is 10.5. The van der Waals surface area contributed by atoms with Crippen LogP contribution in [-0.2, 0) is 30.3 Å². The molecule has 298 valence electrons. The van der Waals surface area contributed by atoms with E-state index in [1.807, 2.05) is 52.0 Å². The van der Waals surface area contributed by atoms with E-state index in [1.165, 1.54) is 29.4 Å². The second-order valence-electron chi connectivity index (χ2n) is 16.2. The summed E-state index contributed by atoms with van der Waals surface area (Å²) >= 11 is 0. The highest BCUT2D eigenvalue weighted by atomic mass is 16.6. The first kappa shape index (κ1) is 38.9. The maximum Gasteiger partial charge on any atom is 0.339 e. The molecule has 6 aromatic rings. The molecule has 3 heterocycles. The molecule has 1 aliphatic carbocycles. The van der Waals surface area contributed by atoms with E-state index in [4.69, 9.17) is 28.9 Å². The van der Waals surface area contributed by atoms with Crippen molar-refractivity contribution in [1.29, 1.82) is 0 Å². The number of rotatable bonds is 12. The predicted octanol–water partition coefficient (Wildman–Crippen LogP) is 9.72. The van der Waals surface area contributed by atoms with Crippen LogP contribution >= 0.6 is 0 Å². The number of anilines is 2. The number of esters is 2. The van der Waals surface area contributed by atoms with Crippen LogP contribution in [0.4, 0.5) is 11.6 Å². The molecule has 0 N–H and O–H groups in total. The molecular weight excluding hydrogens is 729 g/mol. The third-order valence-electron chi connectivity index (χ3n) is 11.2. The number of nitrogens with zero attached hydrogens (tertiary/aromatic N) is 4. The van der Waals surface area contributed by atoms with Crippen molar-refractivity contribution in [3.8, 4) is 28.0 Å². The molecule has 10 heteroatoms. The van der Waals surface area contributed by atoms with E-state index in [9.17, 15) is 9.59 Å². The molecule has 2 aromatic heterocycles. The second-order valence-corrected chi connectivity index (χ2v) is 16.2. The average molecular weight is 779 g/mol. The lowest BCUT2D eigenvalue weighted by atomic mass is 9.87. The highest BCUT2D eigenvalue weighted by Crippen LogP contribution is 2.49. The highest BCUT2D eigenvalue weighted by molar-refractivity contribution is 6.08. The summed E-state index contributed by atoms with van der Waals surface area (Å²) in [5.41, 5.74) is 12.0. The van der Waals surface area contributed by atoms with E-state index in [-0.39, 0.29) is 18.3 Å². The van der Waals surface area contributed by atoms with E-state index in [0.29, 0.717) is 37.9 Å². The Balaban J connectivity index is 1.01. The van der Waals surface area contributed by atoms with Gasteiger partial charge in [-0.1, -0.05) is 78.4 Å². The number of carbonyl (C=O) groups excluding carboxylic acids is 2. The summed E-state index contributed by atoms with van der Waals surface area (Å²) in [6.07, 6.45) is 3.08. The summed E-state index contributed by atoms with van der Waals surface area (Å²) in [6.45, 7) is 14.0. The van der Waals surface area contributed by atoms with Crippen LogP contribution in [0.2, 0.25) is 0 Å². The zero-order chi connectivity index (χ0) is 40.7. The van der Waals surface area contributed by atoms with Gasteiger partial charge in [0.05, 0.1) is 42.9 Å². The minimum absolute atomic E-state index is 0.0280. The lowest BCUT2D eigenvalue weighted by Crippen LogP contribution is -2.32. The molecule has 0 spiro atoms. The maximum atomic E-state index is 13.7. The minimum Gasteiger partial charge on any atom is -0.490 e. The van der Waals surface area contributed by atoms with Gasteiger partial charge in [0.25, 0.3) is 0 Å². The molecule has 0 saturated carbocycles. The molecule has 1 atom stereocenters. The molecule has 10 nitrogen and oxygen atoms in total. The maximum absolute atomic E-state index is 13.7. The summed E-state index contributed by atoms with van der Waals surface area (Å²) in [5, 5.41) is 1.02. The van der Waals surface area contributed by atoms with Gasteiger partial charge in [-0.25, -0.2) is 14.8 Å². The Morgan fingerprint density at radius 2 is 1.53 bits per heavy atom. The fourth-order valence-electron chi connectivity index (χ4n) is 8.55. The molecule has 0 amide bonds. The Bertz CT molecular complexity index is 2450. The topological polar surface area (TPSA) is 105 Å². The highest BCUT2D eigenvalue weighted by Gasteiger charge is 2.37. The standard InChI is InChI=1S/C48H50N4O6/c1-29-18-20-32(21-19-29)42-38-25-30(2)51-22-23-52(43(44(38)51)31(3)41(42)45(46(54)55-7)58-48(4,5)6)47-49-26-33(27-50-47)56-24-12-17-40(53)57-28-39-36-15-10-8-13-34(36)35-14-9-11-16-37(35)39/h8-11,13-16,18-21,25-27,39,45H,12,17,22-24,28H2,1-7H3/t45-/m0/s1. The van der Waals surface area contributed by atoms with Crippen LogP contribution in [0, 0.1) is 20.8 Å². The van der Waals surface area contributed by atoms with Crippen LogP contribution in [0.25, 0.3) is 33.2 Å². The zero-order valence-electron chi connectivity index (χ0n) is 34.3. The van der Waals surface area contributed by atoms with Crippen LogP contribution in [-0.4, -0.2) is 58.9 Å². The van der Waals surface area contributed by atoms with Crippen LogP contribution in [0.5, 0.6) is 5.75 Å². The number of aromatic nitrogens is 3.